The van der Waals surface area contributed by atoms with Gasteiger partial charge in [-0.15, -0.1) is 0 Å². The third kappa shape index (κ3) is 43.5. The van der Waals surface area contributed by atoms with E-state index in [9.17, 15) is 14.4 Å². The van der Waals surface area contributed by atoms with Crippen LogP contribution in [-0.2, 0) is 28.6 Å². The molecule has 0 aliphatic carbocycles. The monoisotopic (exact) mass is 793 g/mol. The summed E-state index contributed by atoms with van der Waals surface area (Å²) in [7, 11) is 0. The molecule has 0 saturated heterocycles. The Bertz CT molecular complexity index is 868. The number of esters is 3. The van der Waals surface area contributed by atoms with Gasteiger partial charge in [0.2, 0.25) is 0 Å². The van der Waals surface area contributed by atoms with Crippen LogP contribution in [-0.4, -0.2) is 37.2 Å². The molecule has 0 radical (unpaired) electrons. The zero-order valence-corrected chi connectivity index (χ0v) is 38.4. The van der Waals surface area contributed by atoms with Gasteiger partial charge in [0, 0.05) is 19.3 Å². The summed E-state index contributed by atoms with van der Waals surface area (Å²) in [5.41, 5.74) is 0. The van der Waals surface area contributed by atoms with Crippen molar-refractivity contribution in [3.05, 3.63) is 0 Å². The highest BCUT2D eigenvalue weighted by Gasteiger charge is 2.19. The van der Waals surface area contributed by atoms with E-state index < -0.39 is 6.10 Å². The first-order chi connectivity index (χ1) is 27.1. The second-order valence-corrected chi connectivity index (χ2v) is 18.5. The first kappa shape index (κ1) is 54.4. The minimum absolute atomic E-state index is 0.0661. The van der Waals surface area contributed by atoms with Crippen LogP contribution in [0.3, 0.4) is 0 Å². The van der Waals surface area contributed by atoms with Gasteiger partial charge in [0.05, 0.1) is 0 Å². The average molecular weight is 793 g/mol. The molecule has 0 bridgehead atoms. The van der Waals surface area contributed by atoms with E-state index >= 15 is 0 Å². The number of carbonyl (C=O) groups excluding carboxylic acids is 3. The van der Waals surface area contributed by atoms with Crippen LogP contribution < -0.4 is 0 Å². The van der Waals surface area contributed by atoms with Crippen molar-refractivity contribution in [1.82, 2.24) is 0 Å². The minimum Gasteiger partial charge on any atom is -0.462 e. The Morgan fingerprint density at radius 1 is 0.304 bits per heavy atom. The van der Waals surface area contributed by atoms with Crippen molar-refractivity contribution in [2.24, 2.45) is 17.8 Å². The minimum atomic E-state index is -0.762. The number of rotatable bonds is 43. The molecule has 0 N–H and O–H groups in total. The molecule has 0 unspecified atom stereocenters. The Hall–Kier alpha value is -1.59. The fourth-order valence-corrected chi connectivity index (χ4v) is 7.41. The number of ether oxygens (including phenoxy) is 3. The van der Waals surface area contributed by atoms with Crippen molar-refractivity contribution in [3.8, 4) is 0 Å². The summed E-state index contributed by atoms with van der Waals surface area (Å²) in [4.78, 5) is 37.8. The molecule has 0 amide bonds. The zero-order valence-electron chi connectivity index (χ0n) is 38.4. The molecule has 0 aromatic carbocycles. The van der Waals surface area contributed by atoms with Crippen LogP contribution in [0.1, 0.15) is 266 Å². The summed E-state index contributed by atoms with van der Waals surface area (Å²) in [6.07, 6.45) is 39.6. The second-order valence-electron chi connectivity index (χ2n) is 18.5. The van der Waals surface area contributed by atoms with E-state index in [1.807, 2.05) is 0 Å². The molecule has 0 rings (SSSR count). The third-order valence-corrected chi connectivity index (χ3v) is 11.1. The molecule has 0 saturated carbocycles. The zero-order chi connectivity index (χ0) is 41.3. The lowest BCUT2D eigenvalue weighted by molar-refractivity contribution is -0.167. The van der Waals surface area contributed by atoms with Crippen LogP contribution in [0.5, 0.6) is 0 Å². The molecule has 332 valence electrons. The highest BCUT2D eigenvalue weighted by atomic mass is 16.6. The summed E-state index contributed by atoms with van der Waals surface area (Å²) in [5, 5.41) is 0. The second kappa shape index (κ2) is 41.6. The molecule has 0 aromatic heterocycles. The smallest absolute Gasteiger partial charge is 0.306 e. The molecule has 0 aliphatic heterocycles. The molecule has 6 heteroatoms. The van der Waals surface area contributed by atoms with Crippen molar-refractivity contribution < 1.29 is 28.6 Å². The van der Waals surface area contributed by atoms with Crippen LogP contribution in [0.25, 0.3) is 0 Å². The van der Waals surface area contributed by atoms with Gasteiger partial charge in [-0.05, 0) is 37.0 Å². The highest BCUT2D eigenvalue weighted by Crippen LogP contribution is 2.17. The van der Waals surface area contributed by atoms with E-state index in [1.54, 1.807) is 0 Å². The molecule has 0 spiro atoms. The predicted molar refractivity (Wildman–Crippen MR) is 238 cm³/mol. The van der Waals surface area contributed by atoms with E-state index in [1.165, 1.54) is 148 Å². The van der Waals surface area contributed by atoms with Crippen molar-refractivity contribution in [2.45, 2.75) is 272 Å². The molecule has 0 fully saturated rings. The Morgan fingerprint density at radius 2 is 0.518 bits per heavy atom. The Balaban J connectivity index is 4.28. The summed E-state index contributed by atoms with van der Waals surface area (Å²) in [6.45, 7) is 13.6. The number of hydrogen-bond donors (Lipinski definition) is 0. The van der Waals surface area contributed by atoms with Crippen molar-refractivity contribution in [2.75, 3.05) is 13.2 Å². The predicted octanol–water partition coefficient (Wildman–Crippen LogP) is 15.6. The maximum absolute atomic E-state index is 12.8. The average Bonchev–Trinajstić information content (AvgIpc) is 3.15. The van der Waals surface area contributed by atoms with Gasteiger partial charge in [0.15, 0.2) is 6.10 Å². The lowest BCUT2D eigenvalue weighted by Gasteiger charge is -2.18. The number of unbranched alkanes of at least 4 members (excludes halogenated alkanes) is 26. The van der Waals surface area contributed by atoms with E-state index in [4.69, 9.17) is 14.2 Å². The largest absolute Gasteiger partial charge is 0.462 e. The van der Waals surface area contributed by atoms with Gasteiger partial charge in [0.1, 0.15) is 13.2 Å². The molecule has 1 atom stereocenters. The van der Waals surface area contributed by atoms with E-state index in [0.29, 0.717) is 19.3 Å². The Morgan fingerprint density at radius 3 is 0.768 bits per heavy atom. The first-order valence-corrected chi connectivity index (χ1v) is 24.6. The van der Waals surface area contributed by atoms with Crippen LogP contribution in [0.15, 0.2) is 0 Å². The molecule has 56 heavy (non-hydrogen) atoms. The first-order valence-electron chi connectivity index (χ1n) is 24.6. The van der Waals surface area contributed by atoms with Crippen molar-refractivity contribution >= 4 is 17.9 Å². The van der Waals surface area contributed by atoms with Gasteiger partial charge in [-0.2, -0.15) is 0 Å². The summed E-state index contributed by atoms with van der Waals surface area (Å²) in [5.74, 6) is 1.55. The van der Waals surface area contributed by atoms with Gasteiger partial charge in [-0.25, -0.2) is 0 Å². The summed E-state index contributed by atoms with van der Waals surface area (Å²) < 4.78 is 16.7. The SMILES string of the molecule is CC(C)CCCCCCCCCCCCCCCCC(=O)O[C@@H](COC(=O)CCCCCCCCCCCC(C)C)COC(=O)CCCCCCCCC(C)C. The standard InChI is InChI=1S/C50H96O6/c1-44(2)36-30-24-18-14-11-9-7-8-10-12-16-21-29-35-41-50(53)56-47(43-55-49(52)40-34-28-23-22-26-32-38-46(5)6)42-54-48(51)39-33-27-20-17-13-15-19-25-31-37-45(3)4/h44-47H,7-43H2,1-6H3/t47-/m0/s1. The maximum atomic E-state index is 12.8. The molecule has 0 heterocycles. The highest BCUT2D eigenvalue weighted by molar-refractivity contribution is 5.71. The normalized spacial score (nSPS) is 12.2. The molecule has 0 aliphatic rings. The van der Waals surface area contributed by atoms with E-state index in [0.717, 1.165) is 75.5 Å². The van der Waals surface area contributed by atoms with Crippen molar-refractivity contribution in [3.63, 3.8) is 0 Å². The molecular formula is C50H96O6. The van der Waals surface area contributed by atoms with Gasteiger partial charge < -0.3 is 14.2 Å². The third-order valence-electron chi connectivity index (χ3n) is 11.1. The van der Waals surface area contributed by atoms with Gasteiger partial charge in [-0.3, -0.25) is 14.4 Å². The fraction of sp³-hybridized carbons (Fsp3) is 0.940. The fourth-order valence-electron chi connectivity index (χ4n) is 7.41. The quantitative estimate of drug-likeness (QED) is 0.0348. The van der Waals surface area contributed by atoms with Crippen molar-refractivity contribution in [1.29, 1.82) is 0 Å². The van der Waals surface area contributed by atoms with Gasteiger partial charge in [0.25, 0.3) is 0 Å². The lowest BCUT2D eigenvalue weighted by Crippen LogP contribution is -2.30. The van der Waals surface area contributed by atoms with E-state index in [-0.39, 0.29) is 31.1 Å². The Kier molecular flexibility index (Phi) is 40.4. The molecular weight excluding hydrogens is 697 g/mol. The number of hydrogen-bond acceptors (Lipinski definition) is 6. The Labute approximate surface area is 348 Å². The lowest BCUT2D eigenvalue weighted by atomic mass is 10.0. The van der Waals surface area contributed by atoms with E-state index in [2.05, 4.69) is 41.5 Å². The summed E-state index contributed by atoms with van der Waals surface area (Å²) in [6, 6.07) is 0. The van der Waals surface area contributed by atoms with Crippen LogP contribution in [0.2, 0.25) is 0 Å². The van der Waals surface area contributed by atoms with Crippen LogP contribution in [0.4, 0.5) is 0 Å². The maximum Gasteiger partial charge on any atom is 0.306 e. The topological polar surface area (TPSA) is 78.9 Å². The van der Waals surface area contributed by atoms with Gasteiger partial charge in [-0.1, -0.05) is 228 Å². The summed E-state index contributed by atoms with van der Waals surface area (Å²) >= 11 is 0. The van der Waals surface area contributed by atoms with Crippen LogP contribution in [0, 0.1) is 17.8 Å². The number of carbonyl (C=O) groups is 3. The van der Waals surface area contributed by atoms with Gasteiger partial charge >= 0.3 is 17.9 Å². The molecule has 6 nitrogen and oxygen atoms in total. The molecule has 0 aromatic rings. The van der Waals surface area contributed by atoms with Crippen LogP contribution >= 0.6 is 0 Å².